The minimum absolute atomic E-state index is 0.0237. The highest BCUT2D eigenvalue weighted by atomic mass is 35.5. The molecule has 53 heavy (non-hydrogen) atoms. The second-order valence-corrected chi connectivity index (χ2v) is 16.5. The summed E-state index contributed by atoms with van der Waals surface area (Å²) in [4.78, 5) is 43.9. The Balaban J connectivity index is 0.000000136. The van der Waals surface area contributed by atoms with Crippen molar-refractivity contribution in [3.63, 3.8) is 0 Å². The molecule has 1 saturated heterocycles. The predicted molar refractivity (Wildman–Crippen MR) is 205 cm³/mol. The van der Waals surface area contributed by atoms with Gasteiger partial charge in [0.1, 0.15) is 5.15 Å². The minimum atomic E-state index is 0.0237. The lowest BCUT2D eigenvalue weighted by Crippen LogP contribution is -2.43. The standard InChI is InChI=1S/C26H27N5O.C16H14ClN3O/c32-25-23-19-6-3-17-15-28-21(16-1-4-18(5-2-16)31-11-9-27-10-12-31)13-20(17)24(19)29-22(23)14-26(30-25)7-8-26;17-12-5-10-8(7-18-12)1-2-9-13-11(19-14(9)10)6-16(3-4-16)20-15(13)21/h1-2,4-5,13,15,27,29H,3,6-12,14H2,(H,30,32);5,7,19H,1-4,6H2,(H,20,21). The molecule has 2 spiro atoms. The van der Waals surface area contributed by atoms with E-state index in [1.54, 1.807) is 0 Å². The van der Waals surface area contributed by atoms with E-state index < -0.39 is 0 Å². The molecule has 2 saturated carbocycles. The van der Waals surface area contributed by atoms with E-state index in [9.17, 15) is 9.59 Å². The second kappa shape index (κ2) is 11.5. The maximum atomic E-state index is 12.9. The van der Waals surface area contributed by atoms with Crippen molar-refractivity contribution in [3.05, 3.63) is 98.7 Å². The molecule has 4 aromatic heterocycles. The molecule has 3 fully saturated rings. The number of aryl methyl sites for hydroxylation is 2. The molecule has 3 aliphatic heterocycles. The molecule has 268 valence electrons. The third-order valence-electron chi connectivity index (χ3n) is 12.7. The fourth-order valence-corrected chi connectivity index (χ4v) is 9.65. The van der Waals surface area contributed by atoms with E-state index in [4.69, 9.17) is 16.6 Å². The number of halogens is 1. The van der Waals surface area contributed by atoms with Crippen LogP contribution in [-0.4, -0.2) is 69.0 Å². The highest BCUT2D eigenvalue weighted by Crippen LogP contribution is 2.47. The van der Waals surface area contributed by atoms with Crippen molar-refractivity contribution in [2.45, 2.75) is 75.3 Å². The van der Waals surface area contributed by atoms with Gasteiger partial charge in [-0.1, -0.05) is 23.7 Å². The fourth-order valence-electron chi connectivity index (χ4n) is 9.49. The van der Waals surface area contributed by atoms with Crippen LogP contribution in [0, 0.1) is 0 Å². The Kier molecular flexibility index (Phi) is 6.87. The van der Waals surface area contributed by atoms with Gasteiger partial charge in [0, 0.05) is 96.3 Å². The summed E-state index contributed by atoms with van der Waals surface area (Å²) in [6, 6.07) is 12.9. The van der Waals surface area contributed by atoms with Gasteiger partial charge in [0.15, 0.2) is 0 Å². The van der Waals surface area contributed by atoms with Crippen molar-refractivity contribution in [2.75, 3.05) is 31.1 Å². The number of piperazine rings is 1. The van der Waals surface area contributed by atoms with Gasteiger partial charge in [-0.25, -0.2) is 4.98 Å². The monoisotopic (exact) mass is 724 g/mol. The summed E-state index contributed by atoms with van der Waals surface area (Å²) >= 11 is 6.05. The van der Waals surface area contributed by atoms with Crippen LogP contribution in [0.5, 0.6) is 0 Å². The van der Waals surface area contributed by atoms with Crippen LogP contribution in [0.2, 0.25) is 5.15 Å². The maximum Gasteiger partial charge on any atom is 0.253 e. The average Bonchev–Trinajstić information content (AvgIpc) is 4.02. The van der Waals surface area contributed by atoms with Crippen molar-refractivity contribution in [2.24, 2.45) is 0 Å². The number of hydrogen-bond donors (Lipinski definition) is 5. The number of nitrogens with zero attached hydrogens (tertiary/aromatic N) is 3. The lowest BCUT2D eigenvalue weighted by Gasteiger charge is -2.29. The van der Waals surface area contributed by atoms with E-state index in [1.807, 2.05) is 18.5 Å². The number of anilines is 1. The number of fused-ring (bicyclic) bond motifs is 10. The van der Waals surface area contributed by atoms with Crippen LogP contribution in [0.4, 0.5) is 5.69 Å². The molecule has 1 aromatic carbocycles. The maximum absolute atomic E-state index is 12.9. The summed E-state index contributed by atoms with van der Waals surface area (Å²) in [5.74, 6) is 0.206. The molecule has 0 bridgehead atoms. The molecule has 2 amide bonds. The first-order valence-corrected chi connectivity index (χ1v) is 19.5. The number of pyridine rings is 2. The molecule has 12 rings (SSSR count). The number of nitrogens with one attached hydrogen (secondary N) is 5. The second-order valence-electron chi connectivity index (χ2n) is 16.2. The zero-order valence-corrected chi connectivity index (χ0v) is 30.3. The van der Waals surface area contributed by atoms with Crippen molar-refractivity contribution in [1.29, 1.82) is 0 Å². The van der Waals surface area contributed by atoms with Gasteiger partial charge in [-0.3, -0.25) is 14.6 Å². The molecule has 10 nitrogen and oxygen atoms in total. The molecule has 11 heteroatoms. The van der Waals surface area contributed by atoms with Gasteiger partial charge in [-0.05, 0) is 97.9 Å². The summed E-state index contributed by atoms with van der Waals surface area (Å²) in [6.07, 6.45) is 13.7. The van der Waals surface area contributed by atoms with Crippen LogP contribution in [-0.2, 0) is 38.5 Å². The van der Waals surface area contributed by atoms with E-state index in [-0.39, 0.29) is 22.9 Å². The first kappa shape index (κ1) is 31.6. The lowest BCUT2D eigenvalue weighted by atomic mass is 9.87. The normalized spacial score (nSPS) is 20.4. The van der Waals surface area contributed by atoms with E-state index in [0.717, 1.165) is 147 Å². The minimum Gasteiger partial charge on any atom is -0.369 e. The summed E-state index contributed by atoms with van der Waals surface area (Å²) < 4.78 is 0. The first-order valence-electron chi connectivity index (χ1n) is 19.2. The quantitative estimate of drug-likeness (QED) is 0.148. The van der Waals surface area contributed by atoms with Gasteiger partial charge in [0.05, 0.1) is 28.2 Å². The van der Waals surface area contributed by atoms with E-state index in [0.29, 0.717) is 5.15 Å². The number of aromatic amines is 2. The Morgan fingerprint density at radius 1 is 0.679 bits per heavy atom. The van der Waals surface area contributed by atoms with Crippen molar-refractivity contribution >= 4 is 29.1 Å². The highest BCUT2D eigenvalue weighted by molar-refractivity contribution is 6.29. The van der Waals surface area contributed by atoms with Crippen molar-refractivity contribution in [3.8, 4) is 33.8 Å². The molecule has 0 radical (unpaired) electrons. The molecule has 5 aromatic rings. The molecule has 0 unspecified atom stereocenters. The van der Waals surface area contributed by atoms with E-state index in [1.165, 1.54) is 27.9 Å². The van der Waals surface area contributed by atoms with Crippen LogP contribution < -0.4 is 20.9 Å². The van der Waals surface area contributed by atoms with Crippen molar-refractivity contribution in [1.82, 2.24) is 35.9 Å². The molecular weight excluding hydrogens is 684 g/mol. The molecule has 5 N–H and O–H groups in total. The predicted octanol–water partition coefficient (Wildman–Crippen LogP) is 5.72. The largest absolute Gasteiger partial charge is 0.369 e. The Morgan fingerprint density at radius 3 is 1.79 bits per heavy atom. The number of amides is 2. The van der Waals surface area contributed by atoms with Crippen LogP contribution in [0.3, 0.4) is 0 Å². The SMILES string of the molecule is O=C1NC2(CC2)Cc2[nH]c3c(c21)CCc1cnc(-c2ccc(N4CCNCC4)cc2)cc1-3.O=C1NC2(CC2)Cc2[nH]c3c(c21)CCc1cnc(Cl)cc1-3. The van der Waals surface area contributed by atoms with Gasteiger partial charge < -0.3 is 30.8 Å². The van der Waals surface area contributed by atoms with Gasteiger partial charge in [-0.2, -0.15) is 0 Å². The molecule has 0 atom stereocenters. The summed E-state index contributed by atoms with van der Waals surface area (Å²) in [7, 11) is 0. The number of carbonyl (C=O) groups is 2. The number of aromatic nitrogens is 4. The Hall–Kier alpha value is -4.93. The number of H-pyrrole nitrogens is 2. The molecule has 4 aliphatic carbocycles. The molecule has 7 aliphatic rings. The van der Waals surface area contributed by atoms with Crippen LogP contribution in [0.15, 0.2) is 48.8 Å². The van der Waals surface area contributed by atoms with Crippen molar-refractivity contribution < 1.29 is 9.59 Å². The number of benzene rings is 1. The highest BCUT2D eigenvalue weighted by Gasteiger charge is 2.50. The summed E-state index contributed by atoms with van der Waals surface area (Å²) in [5, 5.41) is 10.4. The summed E-state index contributed by atoms with van der Waals surface area (Å²) in [6.45, 7) is 4.17. The molecular formula is C42H41ClN8O2. The summed E-state index contributed by atoms with van der Waals surface area (Å²) in [5.41, 5.74) is 16.8. The first-order chi connectivity index (χ1) is 25.8. The Labute approximate surface area is 312 Å². The van der Waals surface area contributed by atoms with Crippen LogP contribution in [0.25, 0.3) is 33.8 Å². The topological polar surface area (TPSA) is 131 Å². The van der Waals surface area contributed by atoms with Crippen LogP contribution in [0.1, 0.15) is 80.0 Å². The zero-order valence-electron chi connectivity index (χ0n) is 29.6. The van der Waals surface area contributed by atoms with Gasteiger partial charge in [0.2, 0.25) is 0 Å². The number of hydrogen-bond acceptors (Lipinski definition) is 6. The van der Waals surface area contributed by atoms with Gasteiger partial charge in [-0.15, -0.1) is 0 Å². The fraction of sp³-hybridized carbons (Fsp3) is 0.381. The van der Waals surface area contributed by atoms with Crippen LogP contribution >= 0.6 is 11.6 Å². The third kappa shape index (κ3) is 5.24. The van der Waals surface area contributed by atoms with Gasteiger partial charge >= 0.3 is 0 Å². The Bertz CT molecular complexity index is 2360. The smallest absolute Gasteiger partial charge is 0.253 e. The lowest BCUT2D eigenvalue weighted by molar-refractivity contribution is 0.0908. The van der Waals surface area contributed by atoms with E-state index in [2.05, 4.69) is 66.1 Å². The van der Waals surface area contributed by atoms with Gasteiger partial charge in [0.25, 0.3) is 11.8 Å². The number of carbonyl (C=O) groups excluding carboxylic acids is 2. The van der Waals surface area contributed by atoms with E-state index >= 15 is 0 Å². The molecule has 7 heterocycles. The average molecular weight is 725 g/mol. The third-order valence-corrected chi connectivity index (χ3v) is 12.9. The number of rotatable bonds is 2. The zero-order chi connectivity index (χ0) is 35.5. The Morgan fingerprint density at radius 2 is 1.23 bits per heavy atom.